The number of aromatic nitrogens is 2. The van der Waals surface area contributed by atoms with Crippen molar-refractivity contribution in [1.82, 2.24) is 19.2 Å². The predicted octanol–water partition coefficient (Wildman–Crippen LogP) is 2.39. The van der Waals surface area contributed by atoms with E-state index < -0.39 is 0 Å². The third kappa shape index (κ3) is 3.34. The predicted molar refractivity (Wildman–Crippen MR) is 88.6 cm³/mol. The maximum Gasteiger partial charge on any atom is 0.319 e. The van der Waals surface area contributed by atoms with Gasteiger partial charge >= 0.3 is 6.03 Å². The first-order valence-electron chi connectivity index (χ1n) is 8.20. The van der Waals surface area contributed by atoms with Gasteiger partial charge in [0.25, 0.3) is 0 Å². The molecule has 22 heavy (non-hydrogen) atoms. The smallest absolute Gasteiger partial charge is 0.319 e. The van der Waals surface area contributed by atoms with E-state index in [-0.39, 0.29) is 6.03 Å². The van der Waals surface area contributed by atoms with Crippen LogP contribution in [0.1, 0.15) is 43.8 Å². The van der Waals surface area contributed by atoms with Gasteiger partial charge in [-0.1, -0.05) is 19.3 Å². The Bertz CT molecular complexity index is 504. The molecule has 0 atom stereocenters. The maximum absolute atomic E-state index is 12.0. The van der Waals surface area contributed by atoms with Gasteiger partial charge in [0.2, 0.25) is 5.13 Å². The van der Waals surface area contributed by atoms with Crippen molar-refractivity contribution in [1.29, 1.82) is 0 Å². The molecule has 0 radical (unpaired) electrons. The fourth-order valence-corrected chi connectivity index (χ4v) is 4.05. The van der Waals surface area contributed by atoms with E-state index in [1.807, 2.05) is 4.90 Å². The van der Waals surface area contributed by atoms with E-state index in [2.05, 4.69) is 9.27 Å². The fraction of sp³-hybridized carbons (Fsp3) is 0.800. The molecular weight excluding hydrogens is 298 g/mol. The molecule has 2 aliphatic rings. The summed E-state index contributed by atoms with van der Waals surface area (Å²) in [4.78, 5) is 22.6. The second-order valence-electron chi connectivity index (χ2n) is 6.42. The first-order chi connectivity index (χ1) is 10.6. The zero-order chi connectivity index (χ0) is 15.5. The van der Waals surface area contributed by atoms with E-state index in [1.165, 1.54) is 43.6 Å². The monoisotopic (exact) mass is 323 g/mol. The largest absolute Gasteiger partial charge is 0.343 e. The Morgan fingerprint density at radius 1 is 1.14 bits per heavy atom. The third-order valence-electron chi connectivity index (χ3n) is 4.60. The SMILES string of the molecule is CN(C)C(=O)N1CCN(c2nc(C3CCCCC3)ns2)CC1. The minimum absolute atomic E-state index is 0.0970. The Morgan fingerprint density at radius 3 is 2.45 bits per heavy atom. The lowest BCUT2D eigenvalue weighted by molar-refractivity contribution is 0.168. The zero-order valence-corrected chi connectivity index (χ0v) is 14.3. The number of nitrogens with zero attached hydrogens (tertiary/aromatic N) is 5. The lowest BCUT2D eigenvalue weighted by Crippen LogP contribution is -2.51. The molecule has 0 aromatic carbocycles. The topological polar surface area (TPSA) is 52.6 Å². The molecule has 1 aromatic heterocycles. The van der Waals surface area contributed by atoms with Gasteiger partial charge < -0.3 is 14.7 Å². The van der Waals surface area contributed by atoms with Crippen molar-refractivity contribution >= 4 is 22.7 Å². The van der Waals surface area contributed by atoms with Crippen LogP contribution in [-0.2, 0) is 0 Å². The molecule has 6 nitrogen and oxygen atoms in total. The van der Waals surface area contributed by atoms with Crippen molar-refractivity contribution in [2.24, 2.45) is 0 Å². The lowest BCUT2D eigenvalue weighted by atomic mass is 9.89. The number of hydrogen-bond acceptors (Lipinski definition) is 5. The first kappa shape index (κ1) is 15.5. The molecule has 1 aromatic rings. The van der Waals surface area contributed by atoms with E-state index in [0.717, 1.165) is 37.1 Å². The van der Waals surface area contributed by atoms with Crippen molar-refractivity contribution < 1.29 is 4.79 Å². The highest BCUT2D eigenvalue weighted by Crippen LogP contribution is 2.33. The lowest BCUT2D eigenvalue weighted by Gasteiger charge is -2.35. The second kappa shape index (κ2) is 6.81. The molecule has 0 bridgehead atoms. The molecule has 1 saturated heterocycles. The molecule has 3 rings (SSSR count). The van der Waals surface area contributed by atoms with Gasteiger partial charge in [-0.25, -0.2) is 9.78 Å². The summed E-state index contributed by atoms with van der Waals surface area (Å²) in [6.07, 6.45) is 6.45. The molecule has 2 heterocycles. The van der Waals surface area contributed by atoms with Gasteiger partial charge in [-0.15, -0.1) is 0 Å². The Morgan fingerprint density at radius 2 is 1.82 bits per heavy atom. The zero-order valence-electron chi connectivity index (χ0n) is 13.5. The molecule has 2 fully saturated rings. The number of carbonyl (C=O) groups is 1. The molecule has 0 N–H and O–H groups in total. The Labute approximate surface area is 136 Å². The third-order valence-corrected chi connectivity index (χ3v) is 5.40. The van der Waals surface area contributed by atoms with Gasteiger partial charge in [-0.2, -0.15) is 4.37 Å². The molecule has 1 saturated carbocycles. The van der Waals surface area contributed by atoms with Crippen molar-refractivity contribution in [2.75, 3.05) is 45.2 Å². The molecule has 0 unspecified atom stereocenters. The molecule has 0 spiro atoms. The summed E-state index contributed by atoms with van der Waals surface area (Å²) in [5.41, 5.74) is 0. The van der Waals surface area contributed by atoms with E-state index in [9.17, 15) is 4.79 Å². The molecule has 2 amide bonds. The number of anilines is 1. The molecular formula is C15H25N5OS. The van der Waals surface area contributed by atoms with Crippen LogP contribution in [0.3, 0.4) is 0 Å². The Hall–Kier alpha value is -1.37. The summed E-state index contributed by atoms with van der Waals surface area (Å²) in [7, 11) is 3.60. The quantitative estimate of drug-likeness (QED) is 0.838. The summed E-state index contributed by atoms with van der Waals surface area (Å²) in [5, 5.41) is 1.03. The van der Waals surface area contributed by atoms with Crippen molar-refractivity contribution in [3.8, 4) is 0 Å². The van der Waals surface area contributed by atoms with Crippen molar-refractivity contribution in [2.45, 2.75) is 38.0 Å². The summed E-state index contributed by atoms with van der Waals surface area (Å²) in [6, 6.07) is 0.0970. The summed E-state index contributed by atoms with van der Waals surface area (Å²) in [5.74, 6) is 1.61. The number of urea groups is 1. The Kier molecular flexibility index (Phi) is 4.81. The standard InChI is InChI=1S/C15H25N5OS/c1-18(2)15(21)20-10-8-19(9-11-20)14-16-13(17-22-14)12-6-4-3-5-7-12/h12H,3-11H2,1-2H3. The van der Waals surface area contributed by atoms with Crippen LogP contribution in [0.2, 0.25) is 0 Å². The van der Waals surface area contributed by atoms with Gasteiger partial charge in [0.05, 0.1) is 0 Å². The Balaban J connectivity index is 1.57. The molecule has 7 heteroatoms. The summed E-state index contributed by atoms with van der Waals surface area (Å²) < 4.78 is 4.60. The minimum Gasteiger partial charge on any atom is -0.343 e. The summed E-state index contributed by atoms with van der Waals surface area (Å²) >= 11 is 1.52. The fourth-order valence-electron chi connectivity index (χ4n) is 3.25. The molecule has 122 valence electrons. The number of amides is 2. The second-order valence-corrected chi connectivity index (χ2v) is 7.15. The summed E-state index contributed by atoms with van der Waals surface area (Å²) in [6.45, 7) is 3.21. The molecule has 1 aliphatic heterocycles. The van der Waals surface area contributed by atoms with E-state index in [1.54, 1.807) is 19.0 Å². The van der Waals surface area contributed by atoms with Crippen molar-refractivity contribution in [3.63, 3.8) is 0 Å². The van der Waals surface area contributed by atoms with E-state index in [0.29, 0.717) is 5.92 Å². The number of hydrogen-bond donors (Lipinski definition) is 0. The van der Waals surface area contributed by atoms with Gasteiger partial charge in [-0.05, 0) is 12.8 Å². The van der Waals surface area contributed by atoms with Crippen LogP contribution in [0, 0.1) is 0 Å². The van der Waals surface area contributed by atoms with Crippen LogP contribution in [0.5, 0.6) is 0 Å². The highest BCUT2D eigenvalue weighted by atomic mass is 32.1. The van der Waals surface area contributed by atoms with E-state index >= 15 is 0 Å². The first-order valence-corrected chi connectivity index (χ1v) is 8.97. The maximum atomic E-state index is 12.0. The average Bonchev–Trinajstić information content (AvgIpc) is 3.05. The van der Waals surface area contributed by atoms with Crippen LogP contribution in [0.25, 0.3) is 0 Å². The van der Waals surface area contributed by atoms with Gasteiger partial charge in [0, 0.05) is 57.7 Å². The number of rotatable bonds is 2. The highest BCUT2D eigenvalue weighted by molar-refractivity contribution is 7.09. The van der Waals surface area contributed by atoms with Gasteiger partial charge in [0.1, 0.15) is 5.82 Å². The number of piperazine rings is 1. The van der Waals surface area contributed by atoms with Crippen LogP contribution in [-0.4, -0.2) is 65.5 Å². The average molecular weight is 323 g/mol. The number of carbonyl (C=O) groups excluding carboxylic acids is 1. The van der Waals surface area contributed by atoms with E-state index in [4.69, 9.17) is 4.98 Å². The highest BCUT2D eigenvalue weighted by Gasteiger charge is 2.25. The molecule has 1 aliphatic carbocycles. The van der Waals surface area contributed by atoms with Gasteiger partial charge in [-0.3, -0.25) is 0 Å². The van der Waals surface area contributed by atoms with Gasteiger partial charge in [0.15, 0.2) is 0 Å². The normalized spacial score (nSPS) is 20.3. The minimum atomic E-state index is 0.0970. The van der Waals surface area contributed by atoms with Crippen LogP contribution >= 0.6 is 11.5 Å². The van der Waals surface area contributed by atoms with Crippen molar-refractivity contribution in [3.05, 3.63) is 5.82 Å². The van der Waals surface area contributed by atoms with Crippen LogP contribution < -0.4 is 4.90 Å². The van der Waals surface area contributed by atoms with Crippen LogP contribution in [0.4, 0.5) is 9.93 Å². The van der Waals surface area contributed by atoms with Crippen LogP contribution in [0.15, 0.2) is 0 Å².